The molecule has 0 bridgehead atoms. The van der Waals surface area contributed by atoms with Crippen molar-refractivity contribution in [2.24, 2.45) is 5.92 Å². The zero-order chi connectivity index (χ0) is 13.9. The van der Waals surface area contributed by atoms with E-state index in [1.807, 2.05) is 7.05 Å². The van der Waals surface area contributed by atoms with Crippen LogP contribution in [0.1, 0.15) is 39.5 Å². The number of nitrogens with one attached hydrogen (secondary N) is 1. The van der Waals surface area contributed by atoms with Gasteiger partial charge in [-0.05, 0) is 52.6 Å². The molecule has 0 amide bonds. The van der Waals surface area contributed by atoms with Crippen LogP contribution in [0, 0.1) is 17.2 Å². The fraction of sp³-hybridized carbons (Fsp3) is 0.933. The second-order valence-corrected chi connectivity index (χ2v) is 6.60. The molecule has 1 N–H and O–H groups in total. The molecule has 1 saturated heterocycles. The zero-order valence-corrected chi connectivity index (χ0v) is 12.5. The minimum absolute atomic E-state index is 0.0246. The summed E-state index contributed by atoms with van der Waals surface area (Å²) in [7, 11) is 1.93. The summed E-state index contributed by atoms with van der Waals surface area (Å²) >= 11 is 0. The first-order valence-corrected chi connectivity index (χ1v) is 7.48. The van der Waals surface area contributed by atoms with E-state index < -0.39 is 0 Å². The van der Waals surface area contributed by atoms with Gasteiger partial charge < -0.3 is 10.1 Å². The van der Waals surface area contributed by atoms with Crippen molar-refractivity contribution >= 4 is 0 Å². The van der Waals surface area contributed by atoms with Crippen LogP contribution in [0.2, 0.25) is 0 Å². The molecule has 108 valence electrons. The van der Waals surface area contributed by atoms with E-state index in [0.717, 1.165) is 39.1 Å². The Bertz CT molecular complexity index is 350. The fourth-order valence-corrected chi connectivity index (χ4v) is 3.64. The van der Waals surface area contributed by atoms with Gasteiger partial charge in [0.15, 0.2) is 0 Å². The molecule has 1 heterocycles. The molecule has 19 heavy (non-hydrogen) atoms. The van der Waals surface area contributed by atoms with Crippen LogP contribution < -0.4 is 5.32 Å². The average Bonchev–Trinajstić information content (AvgIpc) is 2.78. The molecule has 4 nitrogen and oxygen atoms in total. The van der Waals surface area contributed by atoms with Crippen LogP contribution in [0.25, 0.3) is 0 Å². The van der Waals surface area contributed by atoms with Crippen LogP contribution in [0.4, 0.5) is 0 Å². The Kier molecular flexibility index (Phi) is 4.50. The predicted molar refractivity (Wildman–Crippen MR) is 75.8 cm³/mol. The first kappa shape index (κ1) is 14.8. The largest absolute Gasteiger partial charge is 0.373 e. The molecule has 0 radical (unpaired) electrons. The lowest BCUT2D eigenvalue weighted by Crippen LogP contribution is -2.50. The summed E-state index contributed by atoms with van der Waals surface area (Å²) in [4.78, 5) is 2.49. The van der Waals surface area contributed by atoms with Crippen LogP contribution in [-0.2, 0) is 4.74 Å². The van der Waals surface area contributed by atoms with Crippen LogP contribution in [0.15, 0.2) is 0 Å². The van der Waals surface area contributed by atoms with E-state index >= 15 is 0 Å². The smallest absolute Gasteiger partial charge is 0.109 e. The van der Waals surface area contributed by atoms with E-state index in [1.54, 1.807) is 0 Å². The molecule has 0 aromatic heterocycles. The molecule has 2 rings (SSSR count). The highest BCUT2D eigenvalue weighted by Gasteiger charge is 2.42. The van der Waals surface area contributed by atoms with Crippen molar-refractivity contribution in [3.63, 3.8) is 0 Å². The highest BCUT2D eigenvalue weighted by atomic mass is 16.5. The van der Waals surface area contributed by atoms with Gasteiger partial charge in [0.1, 0.15) is 5.54 Å². The second-order valence-electron chi connectivity index (χ2n) is 6.60. The third-order valence-corrected chi connectivity index (χ3v) is 4.76. The first-order chi connectivity index (χ1) is 9.01. The summed E-state index contributed by atoms with van der Waals surface area (Å²) in [5, 5.41) is 12.7. The van der Waals surface area contributed by atoms with Crippen molar-refractivity contribution in [2.75, 3.05) is 33.3 Å². The van der Waals surface area contributed by atoms with Gasteiger partial charge in [0.05, 0.1) is 18.3 Å². The molecule has 0 spiro atoms. The van der Waals surface area contributed by atoms with Gasteiger partial charge in [0.2, 0.25) is 0 Å². The molecule has 0 aromatic rings. The van der Waals surface area contributed by atoms with Gasteiger partial charge in [-0.25, -0.2) is 0 Å². The summed E-state index contributed by atoms with van der Waals surface area (Å²) in [6.07, 6.45) is 4.47. The maximum Gasteiger partial charge on any atom is 0.109 e. The average molecular weight is 265 g/mol. The van der Waals surface area contributed by atoms with Crippen molar-refractivity contribution in [3.05, 3.63) is 0 Å². The molecule has 0 aromatic carbocycles. The summed E-state index contributed by atoms with van der Waals surface area (Å²) in [5.41, 5.74) is -0.301. The van der Waals surface area contributed by atoms with Crippen LogP contribution in [0.3, 0.4) is 0 Å². The Morgan fingerprint density at radius 3 is 2.89 bits per heavy atom. The van der Waals surface area contributed by atoms with Gasteiger partial charge in [-0.1, -0.05) is 6.42 Å². The van der Waals surface area contributed by atoms with Crippen molar-refractivity contribution in [1.82, 2.24) is 10.2 Å². The highest BCUT2D eigenvalue weighted by molar-refractivity contribution is 5.13. The third-order valence-electron chi connectivity index (χ3n) is 4.76. The van der Waals surface area contributed by atoms with Gasteiger partial charge in [0.25, 0.3) is 0 Å². The molecular formula is C15H27N3O. The van der Waals surface area contributed by atoms with E-state index in [2.05, 4.69) is 30.1 Å². The Balaban J connectivity index is 1.87. The normalized spacial score (nSPS) is 35.2. The lowest BCUT2D eigenvalue weighted by Gasteiger charge is -2.39. The van der Waals surface area contributed by atoms with E-state index in [0.29, 0.717) is 5.92 Å². The maximum absolute atomic E-state index is 9.46. The predicted octanol–water partition coefficient (Wildman–Crippen LogP) is 1.77. The molecular weight excluding hydrogens is 238 g/mol. The minimum atomic E-state index is -0.276. The first-order valence-electron chi connectivity index (χ1n) is 7.48. The number of morpholine rings is 1. The Morgan fingerprint density at radius 1 is 1.47 bits per heavy atom. The number of hydrogen-bond acceptors (Lipinski definition) is 4. The summed E-state index contributed by atoms with van der Waals surface area (Å²) < 4.78 is 5.74. The van der Waals surface area contributed by atoms with Crippen molar-refractivity contribution in [3.8, 4) is 6.07 Å². The highest BCUT2D eigenvalue weighted by Crippen LogP contribution is 2.37. The van der Waals surface area contributed by atoms with Gasteiger partial charge in [-0.2, -0.15) is 5.26 Å². The lowest BCUT2D eigenvalue weighted by atomic mass is 9.86. The number of hydrogen-bond donors (Lipinski definition) is 1. The Morgan fingerprint density at radius 2 is 2.26 bits per heavy atom. The summed E-state index contributed by atoms with van der Waals surface area (Å²) in [5.74, 6) is 0.494. The molecule has 2 unspecified atom stereocenters. The maximum atomic E-state index is 9.46. The number of ether oxygens (including phenoxy) is 1. The van der Waals surface area contributed by atoms with Crippen molar-refractivity contribution < 1.29 is 4.74 Å². The number of nitrogens with zero attached hydrogens (tertiary/aromatic N) is 2. The molecule has 1 aliphatic heterocycles. The minimum Gasteiger partial charge on any atom is -0.373 e. The Labute approximate surface area is 117 Å². The van der Waals surface area contributed by atoms with Gasteiger partial charge in [0, 0.05) is 13.1 Å². The van der Waals surface area contributed by atoms with E-state index in [4.69, 9.17) is 4.74 Å². The SMILES string of the molecule is CNC1(C#N)CCCC1CCN1CCOC(C)(C)C1. The van der Waals surface area contributed by atoms with Gasteiger partial charge in [-0.15, -0.1) is 0 Å². The molecule has 2 fully saturated rings. The van der Waals surface area contributed by atoms with Gasteiger partial charge in [-0.3, -0.25) is 4.90 Å². The third kappa shape index (κ3) is 3.28. The monoisotopic (exact) mass is 265 g/mol. The summed E-state index contributed by atoms with van der Waals surface area (Å²) in [6.45, 7) is 8.24. The van der Waals surface area contributed by atoms with Gasteiger partial charge >= 0.3 is 0 Å². The van der Waals surface area contributed by atoms with E-state index in [9.17, 15) is 5.26 Å². The van der Waals surface area contributed by atoms with Crippen molar-refractivity contribution in [1.29, 1.82) is 5.26 Å². The van der Waals surface area contributed by atoms with Crippen LogP contribution in [0.5, 0.6) is 0 Å². The van der Waals surface area contributed by atoms with Crippen molar-refractivity contribution in [2.45, 2.75) is 50.7 Å². The second kappa shape index (κ2) is 5.78. The number of rotatable bonds is 4. The molecule has 2 aliphatic rings. The molecule has 2 atom stereocenters. The zero-order valence-electron chi connectivity index (χ0n) is 12.5. The fourth-order valence-electron chi connectivity index (χ4n) is 3.64. The quantitative estimate of drug-likeness (QED) is 0.841. The molecule has 1 aliphatic carbocycles. The molecule has 4 heteroatoms. The van der Waals surface area contributed by atoms with E-state index in [-0.39, 0.29) is 11.1 Å². The van der Waals surface area contributed by atoms with Crippen LogP contribution in [-0.4, -0.2) is 49.3 Å². The Hall–Kier alpha value is -0.630. The topological polar surface area (TPSA) is 48.3 Å². The standard InChI is InChI=1S/C15H27N3O/c1-14(2)12-18(9-10-19-14)8-6-13-5-4-7-15(13,11-16)17-3/h13,17H,4-10,12H2,1-3H3. The lowest BCUT2D eigenvalue weighted by molar-refractivity contribution is -0.0870. The van der Waals surface area contributed by atoms with Crippen LogP contribution >= 0.6 is 0 Å². The summed E-state index contributed by atoms with van der Waals surface area (Å²) in [6, 6.07) is 2.53. The number of nitriles is 1. The van der Waals surface area contributed by atoms with E-state index in [1.165, 1.54) is 12.8 Å². The molecule has 1 saturated carbocycles.